The van der Waals surface area contributed by atoms with E-state index in [1.54, 1.807) is 0 Å². The molecule has 0 aromatic carbocycles. The molecule has 3 nitrogen and oxygen atoms in total. The van der Waals surface area contributed by atoms with E-state index in [4.69, 9.17) is 11.6 Å². The third kappa shape index (κ3) is 2.69. The predicted molar refractivity (Wildman–Crippen MR) is 53.9 cm³/mol. The average Bonchev–Trinajstić information content (AvgIpc) is 2.48. The number of hydrogen-bond acceptors (Lipinski definition) is 2. The lowest BCUT2D eigenvalue weighted by molar-refractivity contribution is 0.582. The second kappa shape index (κ2) is 5.22. The summed E-state index contributed by atoms with van der Waals surface area (Å²) >= 11 is 5.89. The maximum absolute atomic E-state index is 5.89. The van der Waals surface area contributed by atoms with Crippen molar-refractivity contribution in [2.24, 2.45) is 0 Å². The summed E-state index contributed by atoms with van der Waals surface area (Å²) in [7, 11) is 0. The maximum atomic E-state index is 5.89. The third-order valence-electron chi connectivity index (χ3n) is 2.08. The van der Waals surface area contributed by atoms with E-state index in [2.05, 4.69) is 24.0 Å². The number of aryl methyl sites for hydroxylation is 1. The van der Waals surface area contributed by atoms with E-state index in [9.17, 15) is 0 Å². The number of hydrogen-bond donors (Lipinski definition) is 0. The van der Waals surface area contributed by atoms with E-state index in [1.165, 1.54) is 12.8 Å². The molecule has 1 rings (SSSR count). The van der Waals surface area contributed by atoms with Crippen LogP contribution >= 0.6 is 11.6 Å². The van der Waals surface area contributed by atoms with Gasteiger partial charge in [-0.05, 0) is 18.0 Å². The first kappa shape index (κ1) is 10.5. The second-order valence-corrected chi connectivity index (χ2v) is 3.44. The fraction of sp³-hybridized carbons (Fsp3) is 0.778. The zero-order chi connectivity index (χ0) is 9.68. The highest BCUT2D eigenvalue weighted by molar-refractivity contribution is 6.28. The standard InChI is InChI=1S/C9H16ClN3/c1-3-5-6-7-13-8(4-2)11-12-9(13)10/h3-7H2,1-2H3. The highest BCUT2D eigenvalue weighted by Gasteiger charge is 2.06. The van der Waals surface area contributed by atoms with Crippen LogP contribution in [0.1, 0.15) is 38.9 Å². The topological polar surface area (TPSA) is 30.7 Å². The van der Waals surface area contributed by atoms with Gasteiger partial charge in [-0.15, -0.1) is 10.2 Å². The molecule has 13 heavy (non-hydrogen) atoms. The van der Waals surface area contributed by atoms with Gasteiger partial charge in [0.1, 0.15) is 5.82 Å². The third-order valence-corrected chi connectivity index (χ3v) is 2.36. The molecule has 0 aliphatic carbocycles. The molecule has 1 aromatic heterocycles. The summed E-state index contributed by atoms with van der Waals surface area (Å²) in [6.45, 7) is 5.20. The van der Waals surface area contributed by atoms with Crippen molar-refractivity contribution in [2.75, 3.05) is 0 Å². The Balaban J connectivity index is 2.57. The van der Waals surface area contributed by atoms with Gasteiger partial charge in [-0.25, -0.2) is 0 Å². The minimum atomic E-state index is 0.521. The number of rotatable bonds is 5. The van der Waals surface area contributed by atoms with Gasteiger partial charge >= 0.3 is 0 Å². The molecule has 0 bridgehead atoms. The summed E-state index contributed by atoms with van der Waals surface area (Å²) in [5.41, 5.74) is 0. The Morgan fingerprint density at radius 2 is 2.00 bits per heavy atom. The van der Waals surface area contributed by atoms with Crippen LogP contribution < -0.4 is 0 Å². The Bertz CT molecular complexity index is 257. The average molecular weight is 202 g/mol. The van der Waals surface area contributed by atoms with Gasteiger partial charge in [-0.3, -0.25) is 0 Å². The van der Waals surface area contributed by atoms with Gasteiger partial charge in [0.25, 0.3) is 0 Å². The van der Waals surface area contributed by atoms with Gasteiger partial charge in [0.15, 0.2) is 0 Å². The summed E-state index contributed by atoms with van der Waals surface area (Å²) < 4.78 is 2.00. The second-order valence-electron chi connectivity index (χ2n) is 3.10. The molecule has 1 aromatic rings. The molecule has 1 heterocycles. The monoisotopic (exact) mass is 201 g/mol. The van der Waals surface area contributed by atoms with Crippen molar-refractivity contribution in [3.8, 4) is 0 Å². The fourth-order valence-electron chi connectivity index (χ4n) is 1.32. The summed E-state index contributed by atoms with van der Waals surface area (Å²) in [5, 5.41) is 8.36. The SMILES string of the molecule is CCCCCn1c(Cl)nnc1CC. The highest BCUT2D eigenvalue weighted by Crippen LogP contribution is 2.10. The summed E-state index contributed by atoms with van der Waals surface area (Å²) in [6, 6.07) is 0. The molecule has 74 valence electrons. The van der Waals surface area contributed by atoms with Crippen molar-refractivity contribution in [1.82, 2.24) is 14.8 Å². The van der Waals surface area contributed by atoms with Crippen LogP contribution in [-0.2, 0) is 13.0 Å². The van der Waals surface area contributed by atoms with E-state index in [1.807, 2.05) is 4.57 Å². The zero-order valence-electron chi connectivity index (χ0n) is 8.26. The summed E-state index contributed by atoms with van der Waals surface area (Å²) in [6.07, 6.45) is 4.51. The highest BCUT2D eigenvalue weighted by atomic mass is 35.5. The van der Waals surface area contributed by atoms with Crippen molar-refractivity contribution in [2.45, 2.75) is 46.1 Å². The molecule has 0 radical (unpaired) electrons. The molecule has 0 spiro atoms. The summed E-state index contributed by atoms with van der Waals surface area (Å²) in [4.78, 5) is 0. The van der Waals surface area contributed by atoms with Gasteiger partial charge < -0.3 is 4.57 Å². The molecule has 0 amide bonds. The molecule has 0 aliphatic heterocycles. The maximum Gasteiger partial charge on any atom is 0.225 e. The van der Waals surface area contributed by atoms with Crippen LogP contribution in [0.5, 0.6) is 0 Å². The van der Waals surface area contributed by atoms with Gasteiger partial charge in [0.05, 0.1) is 0 Å². The van der Waals surface area contributed by atoms with Crippen molar-refractivity contribution in [1.29, 1.82) is 0 Å². The Labute approximate surface area is 84.1 Å². The van der Waals surface area contributed by atoms with E-state index in [0.29, 0.717) is 5.28 Å². The molecule has 0 saturated carbocycles. The van der Waals surface area contributed by atoms with Gasteiger partial charge in [-0.1, -0.05) is 26.7 Å². The van der Waals surface area contributed by atoms with Crippen molar-refractivity contribution in [3.63, 3.8) is 0 Å². The zero-order valence-corrected chi connectivity index (χ0v) is 9.01. The van der Waals surface area contributed by atoms with Gasteiger partial charge in [-0.2, -0.15) is 0 Å². The Kier molecular flexibility index (Phi) is 4.22. The molecule has 0 saturated heterocycles. The first-order valence-electron chi connectivity index (χ1n) is 4.87. The number of aromatic nitrogens is 3. The minimum absolute atomic E-state index is 0.521. The molecule has 0 fully saturated rings. The normalized spacial score (nSPS) is 10.7. The Morgan fingerprint density at radius 3 is 2.62 bits per heavy atom. The van der Waals surface area contributed by atoms with Crippen LogP contribution in [0.2, 0.25) is 5.28 Å². The lowest BCUT2D eigenvalue weighted by Gasteiger charge is -2.04. The number of halogens is 1. The number of nitrogens with zero attached hydrogens (tertiary/aromatic N) is 3. The molecular formula is C9H16ClN3. The van der Waals surface area contributed by atoms with Crippen LogP contribution in [-0.4, -0.2) is 14.8 Å². The quantitative estimate of drug-likeness (QED) is 0.686. The van der Waals surface area contributed by atoms with Crippen LogP contribution in [0.25, 0.3) is 0 Å². The molecule has 0 unspecified atom stereocenters. The minimum Gasteiger partial charge on any atom is -0.302 e. The molecule has 0 aliphatic rings. The molecular weight excluding hydrogens is 186 g/mol. The van der Waals surface area contributed by atoms with Gasteiger partial charge in [0, 0.05) is 13.0 Å². The largest absolute Gasteiger partial charge is 0.302 e. The van der Waals surface area contributed by atoms with Crippen molar-refractivity contribution < 1.29 is 0 Å². The van der Waals surface area contributed by atoms with Crippen LogP contribution in [0.3, 0.4) is 0 Å². The molecule has 0 N–H and O–H groups in total. The first-order chi connectivity index (χ1) is 6.29. The molecule has 0 atom stereocenters. The van der Waals surface area contributed by atoms with Crippen LogP contribution in [0, 0.1) is 0 Å². The number of unbranched alkanes of at least 4 members (excludes halogenated alkanes) is 2. The fourth-order valence-corrected chi connectivity index (χ4v) is 1.54. The first-order valence-corrected chi connectivity index (χ1v) is 5.25. The Morgan fingerprint density at radius 1 is 1.23 bits per heavy atom. The predicted octanol–water partition coefficient (Wildman–Crippen LogP) is 2.68. The summed E-state index contributed by atoms with van der Waals surface area (Å²) in [5.74, 6) is 0.987. The smallest absolute Gasteiger partial charge is 0.225 e. The van der Waals surface area contributed by atoms with E-state index < -0.39 is 0 Å². The Hall–Kier alpha value is -0.570. The van der Waals surface area contributed by atoms with E-state index in [-0.39, 0.29) is 0 Å². The lowest BCUT2D eigenvalue weighted by atomic mass is 10.2. The molecule has 4 heteroatoms. The van der Waals surface area contributed by atoms with Crippen molar-refractivity contribution >= 4 is 11.6 Å². The van der Waals surface area contributed by atoms with E-state index in [0.717, 1.165) is 25.2 Å². The van der Waals surface area contributed by atoms with Crippen LogP contribution in [0.15, 0.2) is 0 Å². The van der Waals surface area contributed by atoms with Crippen molar-refractivity contribution in [3.05, 3.63) is 11.1 Å². The lowest BCUT2D eigenvalue weighted by Crippen LogP contribution is -2.03. The van der Waals surface area contributed by atoms with Gasteiger partial charge in [0.2, 0.25) is 5.28 Å². The van der Waals surface area contributed by atoms with Crippen LogP contribution in [0.4, 0.5) is 0 Å². The van der Waals surface area contributed by atoms with E-state index >= 15 is 0 Å².